The predicted octanol–water partition coefficient (Wildman–Crippen LogP) is 3.02. The van der Waals surface area contributed by atoms with Crippen molar-refractivity contribution >= 4 is 44.7 Å². The summed E-state index contributed by atoms with van der Waals surface area (Å²) >= 11 is 1.47. The summed E-state index contributed by atoms with van der Waals surface area (Å²) in [6.07, 6.45) is 3.49. The van der Waals surface area contributed by atoms with Crippen molar-refractivity contribution in [3.8, 4) is 5.75 Å². The number of benzene rings is 1. The second kappa shape index (κ2) is 9.87. The molecule has 0 radical (unpaired) electrons. The van der Waals surface area contributed by atoms with Crippen LogP contribution in [0.15, 0.2) is 41.5 Å². The first-order valence-corrected chi connectivity index (χ1v) is 11.4. The maximum atomic E-state index is 12.4. The van der Waals surface area contributed by atoms with Crippen LogP contribution in [-0.4, -0.2) is 38.7 Å². The fourth-order valence-electron chi connectivity index (χ4n) is 3.41. The summed E-state index contributed by atoms with van der Waals surface area (Å²) in [4.78, 5) is 46.0. The van der Waals surface area contributed by atoms with E-state index in [4.69, 9.17) is 4.74 Å². The monoisotopic (exact) mass is 480 g/mol. The molecule has 4 rings (SSSR count). The third-order valence-corrected chi connectivity index (χ3v) is 6.37. The summed E-state index contributed by atoms with van der Waals surface area (Å²) in [6.45, 7) is 3.85. The largest absolute Gasteiger partial charge is 0.497 e. The lowest BCUT2D eigenvalue weighted by molar-refractivity contribution is -0.117. The van der Waals surface area contributed by atoms with Gasteiger partial charge in [-0.15, -0.1) is 11.3 Å². The minimum absolute atomic E-state index is 0.00722. The van der Waals surface area contributed by atoms with Gasteiger partial charge in [0, 0.05) is 29.6 Å². The van der Waals surface area contributed by atoms with Crippen molar-refractivity contribution in [3.05, 3.63) is 63.3 Å². The van der Waals surface area contributed by atoms with Crippen LogP contribution in [0.4, 0.5) is 11.4 Å². The summed E-state index contributed by atoms with van der Waals surface area (Å²) in [6, 6.07) is 6.99. The average Bonchev–Trinajstić information content (AvgIpc) is 3.35. The number of rotatable bonds is 8. The lowest BCUT2D eigenvalue weighted by atomic mass is 10.2. The number of amides is 2. The van der Waals surface area contributed by atoms with Gasteiger partial charge in [-0.25, -0.2) is 4.98 Å². The maximum Gasteiger partial charge on any atom is 0.259 e. The van der Waals surface area contributed by atoms with Gasteiger partial charge in [0.2, 0.25) is 11.8 Å². The van der Waals surface area contributed by atoms with Gasteiger partial charge in [-0.1, -0.05) is 0 Å². The molecule has 1 aromatic carbocycles. The number of carbonyl (C=O) groups excluding carboxylic acids is 2. The Morgan fingerprint density at radius 2 is 1.85 bits per heavy atom. The quantitative estimate of drug-likeness (QED) is 0.355. The van der Waals surface area contributed by atoms with E-state index >= 15 is 0 Å². The number of anilines is 2. The molecule has 0 unspecified atom stereocenters. The molecule has 3 heterocycles. The standard InChI is InChI=1S/C23H24N6O4S/c1-13-14(2)34-23-21(13)22(32)27-18(28-23)8-9-19(30)26-16-10-24-29(11-16)12-20(31)25-15-4-6-17(33-3)7-5-15/h4-7,10-11H,8-9,12H2,1-3H3,(H,25,31)(H,26,30)(H,27,28,32). The number of nitrogens with zero attached hydrogens (tertiary/aromatic N) is 3. The van der Waals surface area contributed by atoms with Crippen LogP contribution in [-0.2, 0) is 22.6 Å². The van der Waals surface area contributed by atoms with E-state index in [1.807, 2.05) is 13.8 Å². The summed E-state index contributed by atoms with van der Waals surface area (Å²) in [5.41, 5.74) is 1.87. The van der Waals surface area contributed by atoms with Gasteiger partial charge in [-0.05, 0) is 43.7 Å². The Bertz CT molecular complexity index is 1400. The van der Waals surface area contributed by atoms with Crippen molar-refractivity contribution in [3.63, 3.8) is 0 Å². The van der Waals surface area contributed by atoms with E-state index in [0.29, 0.717) is 39.6 Å². The van der Waals surface area contributed by atoms with Gasteiger partial charge in [0.15, 0.2) is 0 Å². The van der Waals surface area contributed by atoms with Crippen LogP contribution in [0.2, 0.25) is 0 Å². The van der Waals surface area contributed by atoms with E-state index in [2.05, 4.69) is 25.7 Å². The highest BCUT2D eigenvalue weighted by Gasteiger charge is 2.13. The first-order chi connectivity index (χ1) is 16.3. The highest BCUT2D eigenvalue weighted by Crippen LogP contribution is 2.25. The molecule has 0 aliphatic heterocycles. The molecular weight excluding hydrogens is 456 g/mol. The third-order valence-electron chi connectivity index (χ3n) is 5.27. The lowest BCUT2D eigenvalue weighted by Crippen LogP contribution is -2.19. The number of aromatic amines is 1. The maximum absolute atomic E-state index is 12.4. The minimum Gasteiger partial charge on any atom is -0.497 e. The van der Waals surface area contributed by atoms with Gasteiger partial charge in [-0.3, -0.25) is 19.1 Å². The Morgan fingerprint density at radius 1 is 1.12 bits per heavy atom. The van der Waals surface area contributed by atoms with E-state index in [1.54, 1.807) is 37.6 Å². The van der Waals surface area contributed by atoms with Crippen LogP contribution in [0.25, 0.3) is 10.2 Å². The zero-order valence-corrected chi connectivity index (χ0v) is 19.8. The summed E-state index contributed by atoms with van der Waals surface area (Å²) in [5.74, 6) is 0.670. The molecular formula is C23H24N6O4S. The number of ether oxygens (including phenoxy) is 1. The fraction of sp³-hybridized carbons (Fsp3) is 0.261. The predicted molar refractivity (Wildman–Crippen MR) is 131 cm³/mol. The van der Waals surface area contributed by atoms with Crippen LogP contribution < -0.4 is 20.9 Å². The van der Waals surface area contributed by atoms with Crippen molar-refractivity contribution in [2.75, 3.05) is 17.7 Å². The number of aromatic nitrogens is 4. The lowest BCUT2D eigenvalue weighted by Gasteiger charge is -2.06. The zero-order valence-electron chi connectivity index (χ0n) is 19.0. The number of nitrogens with one attached hydrogen (secondary N) is 3. The molecule has 4 aromatic rings. The Balaban J connectivity index is 1.29. The van der Waals surface area contributed by atoms with Crippen molar-refractivity contribution in [2.24, 2.45) is 0 Å². The number of hydrogen-bond acceptors (Lipinski definition) is 7. The normalized spacial score (nSPS) is 10.9. The van der Waals surface area contributed by atoms with Crippen molar-refractivity contribution in [1.29, 1.82) is 0 Å². The van der Waals surface area contributed by atoms with E-state index in [0.717, 1.165) is 10.4 Å². The van der Waals surface area contributed by atoms with E-state index in [9.17, 15) is 14.4 Å². The summed E-state index contributed by atoms with van der Waals surface area (Å²) in [7, 11) is 1.57. The number of H-pyrrole nitrogens is 1. The first kappa shape index (κ1) is 23.2. The van der Waals surface area contributed by atoms with Crippen LogP contribution in [0, 0.1) is 13.8 Å². The van der Waals surface area contributed by atoms with E-state index in [-0.39, 0.29) is 30.3 Å². The Hall–Kier alpha value is -3.99. The van der Waals surface area contributed by atoms with Crippen molar-refractivity contribution in [1.82, 2.24) is 19.7 Å². The molecule has 176 valence electrons. The molecule has 2 amide bonds. The van der Waals surface area contributed by atoms with Crippen LogP contribution >= 0.6 is 11.3 Å². The smallest absolute Gasteiger partial charge is 0.259 e. The fourth-order valence-corrected chi connectivity index (χ4v) is 4.46. The number of methoxy groups -OCH3 is 1. The molecule has 10 nitrogen and oxygen atoms in total. The molecule has 0 fully saturated rings. The van der Waals surface area contributed by atoms with Crippen molar-refractivity contribution in [2.45, 2.75) is 33.2 Å². The van der Waals surface area contributed by atoms with Gasteiger partial charge >= 0.3 is 0 Å². The van der Waals surface area contributed by atoms with Gasteiger partial charge < -0.3 is 20.4 Å². The number of thiophene rings is 1. The van der Waals surface area contributed by atoms with Gasteiger partial charge in [-0.2, -0.15) is 5.10 Å². The molecule has 11 heteroatoms. The van der Waals surface area contributed by atoms with Crippen LogP contribution in [0.3, 0.4) is 0 Å². The highest BCUT2D eigenvalue weighted by molar-refractivity contribution is 7.18. The number of fused-ring (bicyclic) bond motifs is 1. The number of aryl methyl sites for hydroxylation is 3. The third kappa shape index (κ3) is 5.31. The van der Waals surface area contributed by atoms with Crippen LogP contribution in [0.5, 0.6) is 5.75 Å². The van der Waals surface area contributed by atoms with Gasteiger partial charge in [0.1, 0.15) is 22.9 Å². The molecule has 0 aliphatic carbocycles. The molecule has 0 aliphatic rings. The molecule has 0 spiro atoms. The Kier molecular flexibility index (Phi) is 6.73. The summed E-state index contributed by atoms with van der Waals surface area (Å²) in [5, 5.41) is 10.2. The molecule has 3 aromatic heterocycles. The van der Waals surface area contributed by atoms with E-state index < -0.39 is 0 Å². The SMILES string of the molecule is COc1ccc(NC(=O)Cn2cc(NC(=O)CCc3nc4sc(C)c(C)c4c(=O)[nH]3)cn2)cc1. The van der Waals surface area contributed by atoms with E-state index in [1.165, 1.54) is 22.2 Å². The Morgan fingerprint density at radius 3 is 2.59 bits per heavy atom. The van der Waals surface area contributed by atoms with Gasteiger partial charge in [0.05, 0.1) is 24.4 Å². The molecule has 3 N–H and O–H groups in total. The summed E-state index contributed by atoms with van der Waals surface area (Å²) < 4.78 is 6.53. The second-order valence-electron chi connectivity index (χ2n) is 7.73. The average molecular weight is 481 g/mol. The van der Waals surface area contributed by atoms with Gasteiger partial charge in [0.25, 0.3) is 5.56 Å². The highest BCUT2D eigenvalue weighted by atomic mass is 32.1. The first-order valence-electron chi connectivity index (χ1n) is 10.6. The molecule has 0 saturated carbocycles. The molecule has 0 saturated heterocycles. The number of carbonyl (C=O) groups is 2. The molecule has 34 heavy (non-hydrogen) atoms. The molecule has 0 bridgehead atoms. The van der Waals surface area contributed by atoms with Crippen LogP contribution in [0.1, 0.15) is 22.7 Å². The molecule has 0 atom stereocenters. The number of hydrogen-bond donors (Lipinski definition) is 3. The minimum atomic E-state index is -0.254. The van der Waals surface area contributed by atoms with Crippen molar-refractivity contribution < 1.29 is 14.3 Å². The topological polar surface area (TPSA) is 131 Å². The zero-order chi connectivity index (χ0) is 24.2. The Labute approximate surface area is 199 Å². The second-order valence-corrected chi connectivity index (χ2v) is 8.93.